The summed E-state index contributed by atoms with van der Waals surface area (Å²) in [5.41, 5.74) is -1.29. The van der Waals surface area contributed by atoms with E-state index in [-0.39, 0.29) is 17.5 Å². The number of carbonyl (C=O) groups is 1. The minimum atomic E-state index is -4.57. The molecule has 0 amide bonds. The Morgan fingerprint density at radius 1 is 1.35 bits per heavy atom. The molecule has 0 aliphatic heterocycles. The zero-order chi connectivity index (χ0) is 12.9. The van der Waals surface area contributed by atoms with Crippen LogP contribution in [-0.4, -0.2) is 6.29 Å². The number of aldehydes is 1. The van der Waals surface area contributed by atoms with Crippen molar-refractivity contribution < 1.29 is 18.0 Å². The van der Waals surface area contributed by atoms with Crippen LogP contribution < -0.4 is 0 Å². The lowest BCUT2D eigenvalue weighted by molar-refractivity contribution is -0.137. The molecule has 0 bridgehead atoms. The quantitative estimate of drug-likeness (QED) is 0.556. The minimum Gasteiger partial charge on any atom is -0.302 e. The van der Waals surface area contributed by atoms with Crippen LogP contribution in [0.15, 0.2) is 18.2 Å². The average molecular weight is 237 g/mol. The summed E-state index contributed by atoms with van der Waals surface area (Å²) in [6.45, 7) is 0. The fourth-order valence-corrected chi connectivity index (χ4v) is 1.15. The molecule has 0 unspecified atom stereocenters. The smallest absolute Gasteiger partial charge is 0.302 e. The van der Waals surface area contributed by atoms with Crippen molar-refractivity contribution >= 4 is 6.29 Å². The van der Waals surface area contributed by atoms with Crippen molar-refractivity contribution in [1.82, 2.24) is 0 Å². The molecular formula is C12H6F3NO. The summed E-state index contributed by atoms with van der Waals surface area (Å²) in [5.74, 6) is 4.56. The molecule has 0 aromatic heterocycles. The fourth-order valence-electron chi connectivity index (χ4n) is 1.15. The largest absolute Gasteiger partial charge is 0.417 e. The summed E-state index contributed by atoms with van der Waals surface area (Å²) in [5, 5.41) is 8.53. The Hall–Kier alpha value is -2.27. The highest BCUT2D eigenvalue weighted by Crippen LogP contribution is 2.32. The lowest BCUT2D eigenvalue weighted by Crippen LogP contribution is -2.08. The van der Waals surface area contributed by atoms with Crippen LogP contribution in [0.25, 0.3) is 0 Å². The monoisotopic (exact) mass is 237 g/mol. The van der Waals surface area contributed by atoms with Crippen molar-refractivity contribution in [2.45, 2.75) is 12.6 Å². The maximum atomic E-state index is 12.6. The summed E-state index contributed by atoms with van der Waals surface area (Å²) in [4.78, 5) is 10.0. The Labute approximate surface area is 95.7 Å². The molecule has 0 fully saturated rings. The molecule has 86 valence electrons. The maximum Gasteiger partial charge on any atom is 0.417 e. The topological polar surface area (TPSA) is 40.9 Å². The number of alkyl halides is 3. The van der Waals surface area contributed by atoms with E-state index in [1.54, 1.807) is 6.07 Å². The van der Waals surface area contributed by atoms with E-state index in [9.17, 15) is 18.0 Å². The van der Waals surface area contributed by atoms with Crippen LogP contribution in [0.5, 0.6) is 0 Å². The molecule has 0 N–H and O–H groups in total. The summed E-state index contributed by atoms with van der Waals surface area (Å²) >= 11 is 0. The molecule has 1 aromatic rings. The van der Waals surface area contributed by atoms with Gasteiger partial charge in [-0.25, -0.2) is 0 Å². The van der Waals surface area contributed by atoms with Crippen LogP contribution in [0.2, 0.25) is 0 Å². The lowest BCUT2D eigenvalue weighted by atomic mass is 10.0. The number of hydrogen-bond donors (Lipinski definition) is 0. The van der Waals surface area contributed by atoms with E-state index in [0.29, 0.717) is 6.29 Å². The summed E-state index contributed by atoms with van der Waals surface area (Å²) in [6, 6.07) is 4.74. The Bertz CT molecular complexity index is 529. The zero-order valence-corrected chi connectivity index (χ0v) is 8.51. The second-order valence-electron chi connectivity index (χ2n) is 3.04. The predicted octanol–water partition coefficient (Wildman–Crippen LogP) is 2.52. The highest BCUT2D eigenvalue weighted by molar-refractivity contribution is 5.56. The van der Waals surface area contributed by atoms with Gasteiger partial charge in [0.25, 0.3) is 0 Å². The summed E-state index contributed by atoms with van der Waals surface area (Å²) in [7, 11) is 0. The molecule has 17 heavy (non-hydrogen) atoms. The Morgan fingerprint density at radius 2 is 2.06 bits per heavy atom. The van der Waals surface area contributed by atoms with Gasteiger partial charge in [0.15, 0.2) is 0 Å². The number of carbonyl (C=O) groups excluding carboxylic acids is 1. The van der Waals surface area contributed by atoms with Gasteiger partial charge in [0.2, 0.25) is 0 Å². The van der Waals surface area contributed by atoms with Crippen LogP contribution in [0.1, 0.15) is 23.1 Å². The lowest BCUT2D eigenvalue weighted by Gasteiger charge is -2.09. The van der Waals surface area contributed by atoms with E-state index in [1.807, 2.05) is 0 Å². The molecule has 0 spiro atoms. The molecule has 0 heterocycles. The van der Waals surface area contributed by atoms with Crippen LogP contribution in [0, 0.1) is 23.2 Å². The molecule has 0 atom stereocenters. The van der Waals surface area contributed by atoms with Gasteiger partial charge in [-0.15, -0.1) is 0 Å². The van der Waals surface area contributed by atoms with Crippen molar-refractivity contribution in [3.63, 3.8) is 0 Å². The number of benzene rings is 1. The van der Waals surface area contributed by atoms with Crippen molar-refractivity contribution in [3.8, 4) is 17.9 Å². The van der Waals surface area contributed by atoms with Gasteiger partial charge in [-0.1, -0.05) is 11.8 Å². The molecule has 0 saturated heterocycles. The first-order valence-electron chi connectivity index (χ1n) is 4.53. The van der Waals surface area contributed by atoms with Crippen LogP contribution in [0.4, 0.5) is 13.2 Å². The van der Waals surface area contributed by atoms with Crippen LogP contribution >= 0.6 is 0 Å². The fraction of sp³-hybridized carbons (Fsp3) is 0.167. The molecule has 1 aromatic carbocycles. The summed E-state index contributed by atoms with van der Waals surface area (Å²) < 4.78 is 37.9. The van der Waals surface area contributed by atoms with Gasteiger partial charge in [0, 0.05) is 5.56 Å². The average Bonchev–Trinajstić information content (AvgIpc) is 2.28. The van der Waals surface area contributed by atoms with E-state index < -0.39 is 11.7 Å². The van der Waals surface area contributed by atoms with Gasteiger partial charge in [-0.3, -0.25) is 0 Å². The Balaban J connectivity index is 3.28. The third-order valence-corrected chi connectivity index (χ3v) is 1.86. The van der Waals surface area contributed by atoms with Crippen molar-refractivity contribution in [1.29, 1.82) is 5.26 Å². The van der Waals surface area contributed by atoms with Gasteiger partial charge >= 0.3 is 6.18 Å². The van der Waals surface area contributed by atoms with Crippen molar-refractivity contribution in [2.75, 3.05) is 0 Å². The number of hydrogen-bond acceptors (Lipinski definition) is 2. The molecule has 0 radical (unpaired) electrons. The Kier molecular flexibility index (Phi) is 3.90. The first-order chi connectivity index (χ1) is 7.99. The zero-order valence-electron chi connectivity index (χ0n) is 8.51. The normalized spacial score (nSPS) is 10.0. The molecule has 0 saturated carbocycles. The van der Waals surface area contributed by atoms with Gasteiger partial charge in [-0.2, -0.15) is 18.4 Å². The highest BCUT2D eigenvalue weighted by atomic mass is 19.4. The van der Waals surface area contributed by atoms with E-state index in [4.69, 9.17) is 5.26 Å². The van der Waals surface area contributed by atoms with Crippen molar-refractivity contribution in [2.24, 2.45) is 0 Å². The molecule has 5 heteroatoms. The second kappa shape index (κ2) is 5.18. The first kappa shape index (κ1) is 12.8. The molecule has 2 nitrogen and oxygen atoms in total. The predicted molar refractivity (Wildman–Crippen MR) is 53.7 cm³/mol. The third kappa shape index (κ3) is 3.35. The van der Waals surface area contributed by atoms with Gasteiger partial charge in [-0.05, 0) is 18.2 Å². The van der Waals surface area contributed by atoms with E-state index in [2.05, 4.69) is 11.8 Å². The summed E-state index contributed by atoms with van der Waals surface area (Å²) in [6.07, 6.45) is -4.20. The van der Waals surface area contributed by atoms with E-state index in [1.165, 1.54) is 6.07 Å². The van der Waals surface area contributed by atoms with Gasteiger partial charge < -0.3 is 4.79 Å². The molecule has 1 rings (SSSR count). The Morgan fingerprint density at radius 3 is 2.59 bits per heavy atom. The first-order valence-corrected chi connectivity index (χ1v) is 4.53. The van der Waals surface area contributed by atoms with Crippen LogP contribution in [-0.2, 0) is 11.0 Å². The van der Waals surface area contributed by atoms with Crippen molar-refractivity contribution in [3.05, 3.63) is 34.9 Å². The molecule has 0 aliphatic carbocycles. The number of nitrogens with zero attached hydrogens (tertiary/aromatic N) is 1. The van der Waals surface area contributed by atoms with Gasteiger partial charge in [0.1, 0.15) is 6.29 Å². The second-order valence-corrected chi connectivity index (χ2v) is 3.04. The maximum absolute atomic E-state index is 12.6. The van der Waals surface area contributed by atoms with E-state index >= 15 is 0 Å². The minimum absolute atomic E-state index is 0.0849. The molecule has 0 aliphatic rings. The number of halogens is 3. The third-order valence-electron chi connectivity index (χ3n) is 1.86. The highest BCUT2D eigenvalue weighted by Gasteiger charge is 2.33. The van der Waals surface area contributed by atoms with Crippen LogP contribution in [0.3, 0.4) is 0 Å². The SMILES string of the molecule is N#Cc1ccc(C#CCC=O)c(C(F)(F)F)c1. The van der Waals surface area contributed by atoms with E-state index in [0.717, 1.165) is 12.1 Å². The number of rotatable bonds is 1. The van der Waals surface area contributed by atoms with Gasteiger partial charge in [0.05, 0.1) is 23.6 Å². The molecular weight excluding hydrogens is 231 g/mol. The number of nitriles is 1. The standard InChI is InChI=1S/C12H6F3NO/c13-12(14,15)11-7-9(8-16)4-5-10(11)3-1-2-6-17/h4-7H,2H2.